The maximum absolute atomic E-state index is 11.5. The Balaban J connectivity index is 1.79. The molecular weight excluding hydrogens is 310 g/mol. The normalized spacial score (nSPS) is 12.3. The first-order chi connectivity index (χ1) is 11.0. The Kier molecular flexibility index (Phi) is 6.29. The summed E-state index contributed by atoms with van der Waals surface area (Å²) < 4.78 is 2.17. The van der Waals surface area contributed by atoms with Gasteiger partial charge >= 0.3 is 0 Å². The fourth-order valence-electron chi connectivity index (χ4n) is 2.44. The molecule has 0 spiro atoms. The summed E-state index contributed by atoms with van der Waals surface area (Å²) in [5.41, 5.74) is 0.982. The number of thiazole rings is 1. The van der Waals surface area contributed by atoms with E-state index in [0.29, 0.717) is 12.5 Å². The minimum absolute atomic E-state index is 0.0330. The Morgan fingerprint density at radius 1 is 1.52 bits per heavy atom. The van der Waals surface area contributed by atoms with Gasteiger partial charge in [-0.1, -0.05) is 6.92 Å². The predicted octanol–water partition coefficient (Wildman–Crippen LogP) is 2.45. The number of aromatic nitrogens is 3. The Bertz CT molecular complexity index is 636. The van der Waals surface area contributed by atoms with E-state index in [0.717, 1.165) is 36.3 Å². The smallest absolute Gasteiger partial charge is 0.225 e. The zero-order valence-corrected chi connectivity index (χ0v) is 15.1. The van der Waals surface area contributed by atoms with Crippen LogP contribution < -0.4 is 10.2 Å². The van der Waals surface area contributed by atoms with E-state index < -0.39 is 0 Å². The number of nitrogens with zero attached hydrogens (tertiary/aromatic N) is 4. The monoisotopic (exact) mass is 335 g/mol. The molecule has 0 bridgehead atoms. The Hall–Kier alpha value is -1.73. The molecule has 2 aromatic heterocycles. The zero-order valence-electron chi connectivity index (χ0n) is 14.2. The highest BCUT2D eigenvalue weighted by Gasteiger charge is 2.13. The zero-order chi connectivity index (χ0) is 16.8. The van der Waals surface area contributed by atoms with Crippen molar-refractivity contribution in [3.8, 4) is 0 Å². The van der Waals surface area contributed by atoms with Gasteiger partial charge in [0.1, 0.15) is 5.82 Å². The molecule has 0 fully saturated rings. The third-order valence-corrected chi connectivity index (χ3v) is 4.61. The molecule has 126 valence electrons. The van der Waals surface area contributed by atoms with E-state index in [2.05, 4.69) is 26.8 Å². The van der Waals surface area contributed by atoms with Gasteiger partial charge in [-0.25, -0.2) is 9.97 Å². The number of nitrogens with one attached hydrogen (secondary N) is 1. The summed E-state index contributed by atoms with van der Waals surface area (Å²) in [7, 11) is 0. The second-order valence-corrected chi connectivity index (χ2v) is 6.58. The molecular formula is C16H25N5OS. The molecule has 7 heteroatoms. The fraction of sp³-hybridized carbons (Fsp3) is 0.562. The van der Waals surface area contributed by atoms with Crippen LogP contribution in [0.1, 0.15) is 32.3 Å². The molecule has 1 atom stereocenters. The van der Waals surface area contributed by atoms with E-state index in [1.54, 1.807) is 11.8 Å². The lowest BCUT2D eigenvalue weighted by atomic mass is 10.2. The van der Waals surface area contributed by atoms with E-state index >= 15 is 0 Å². The van der Waals surface area contributed by atoms with Gasteiger partial charge in [0, 0.05) is 44.3 Å². The van der Waals surface area contributed by atoms with Gasteiger partial charge < -0.3 is 9.88 Å². The summed E-state index contributed by atoms with van der Waals surface area (Å²) in [5.74, 6) is 1.58. The quantitative estimate of drug-likeness (QED) is 0.805. The highest BCUT2D eigenvalue weighted by atomic mass is 32.1. The minimum atomic E-state index is 0.0330. The summed E-state index contributed by atoms with van der Waals surface area (Å²) in [4.78, 5) is 22.0. The molecule has 1 N–H and O–H groups in total. The number of aryl methyl sites for hydroxylation is 1. The van der Waals surface area contributed by atoms with Crippen LogP contribution in [0.25, 0.3) is 0 Å². The summed E-state index contributed by atoms with van der Waals surface area (Å²) in [6.07, 6.45) is 3.85. The molecule has 6 nitrogen and oxygen atoms in total. The van der Waals surface area contributed by atoms with Crippen LogP contribution in [0.15, 0.2) is 17.8 Å². The maximum atomic E-state index is 11.5. The number of carbonyl (C=O) groups excluding carboxylic acids is 1. The van der Waals surface area contributed by atoms with Crippen molar-refractivity contribution in [1.29, 1.82) is 0 Å². The van der Waals surface area contributed by atoms with Crippen molar-refractivity contribution in [2.75, 3.05) is 18.0 Å². The van der Waals surface area contributed by atoms with Crippen LogP contribution in [0.4, 0.5) is 5.13 Å². The highest BCUT2D eigenvalue weighted by Crippen LogP contribution is 2.20. The van der Waals surface area contributed by atoms with E-state index in [4.69, 9.17) is 0 Å². The lowest BCUT2D eigenvalue weighted by Gasteiger charge is -2.15. The van der Waals surface area contributed by atoms with E-state index in [9.17, 15) is 4.79 Å². The Morgan fingerprint density at radius 3 is 2.91 bits per heavy atom. The number of amides is 1. The van der Waals surface area contributed by atoms with Crippen LogP contribution in [0.2, 0.25) is 0 Å². The topological polar surface area (TPSA) is 63.1 Å². The third-order valence-electron chi connectivity index (χ3n) is 3.70. The van der Waals surface area contributed by atoms with Gasteiger partial charge in [0.2, 0.25) is 5.91 Å². The van der Waals surface area contributed by atoms with Gasteiger partial charge in [-0.3, -0.25) is 9.69 Å². The summed E-state index contributed by atoms with van der Waals surface area (Å²) in [6.45, 7) is 11.0. The lowest BCUT2D eigenvalue weighted by molar-refractivity contribution is -0.116. The SMILES string of the molecule is CCN(C(C)=O)c1nc(CNCC(C)Cn2ccnc2C)cs1. The van der Waals surface area contributed by atoms with Crippen LogP contribution in [-0.4, -0.2) is 33.5 Å². The summed E-state index contributed by atoms with van der Waals surface area (Å²) in [5, 5.41) is 6.23. The third kappa shape index (κ3) is 4.87. The molecule has 2 rings (SSSR count). The second kappa shape index (κ2) is 8.21. The van der Waals surface area contributed by atoms with Crippen LogP contribution in [0.3, 0.4) is 0 Å². The molecule has 2 aromatic rings. The van der Waals surface area contributed by atoms with Crippen molar-refractivity contribution in [1.82, 2.24) is 19.9 Å². The van der Waals surface area contributed by atoms with Gasteiger partial charge in [-0.15, -0.1) is 11.3 Å². The van der Waals surface area contributed by atoms with Crippen LogP contribution >= 0.6 is 11.3 Å². The number of carbonyl (C=O) groups is 1. The van der Waals surface area contributed by atoms with E-state index in [1.807, 2.05) is 31.6 Å². The van der Waals surface area contributed by atoms with Crippen molar-refractivity contribution in [3.63, 3.8) is 0 Å². The van der Waals surface area contributed by atoms with E-state index in [1.165, 1.54) is 11.3 Å². The fourth-order valence-corrected chi connectivity index (χ4v) is 3.37. The number of hydrogen-bond acceptors (Lipinski definition) is 5. The minimum Gasteiger partial charge on any atom is -0.335 e. The first kappa shape index (κ1) is 17.6. The number of anilines is 1. The second-order valence-electron chi connectivity index (χ2n) is 5.75. The maximum Gasteiger partial charge on any atom is 0.225 e. The van der Waals surface area contributed by atoms with Gasteiger partial charge in [-0.05, 0) is 26.3 Å². The molecule has 0 aliphatic rings. The molecule has 0 aliphatic heterocycles. The van der Waals surface area contributed by atoms with Gasteiger partial charge in [0.25, 0.3) is 0 Å². The van der Waals surface area contributed by atoms with Crippen molar-refractivity contribution in [2.24, 2.45) is 5.92 Å². The number of rotatable bonds is 8. The predicted molar refractivity (Wildman–Crippen MR) is 93.6 cm³/mol. The Morgan fingerprint density at radius 2 is 2.30 bits per heavy atom. The number of imidazole rings is 1. The molecule has 1 amide bonds. The highest BCUT2D eigenvalue weighted by molar-refractivity contribution is 7.14. The average Bonchev–Trinajstić information content (AvgIpc) is 3.10. The summed E-state index contributed by atoms with van der Waals surface area (Å²) in [6, 6.07) is 0. The first-order valence-corrected chi connectivity index (χ1v) is 8.80. The van der Waals surface area contributed by atoms with Crippen molar-refractivity contribution >= 4 is 22.4 Å². The molecule has 2 heterocycles. The van der Waals surface area contributed by atoms with Gasteiger partial charge in [0.15, 0.2) is 5.13 Å². The van der Waals surface area contributed by atoms with Gasteiger partial charge in [-0.2, -0.15) is 0 Å². The van der Waals surface area contributed by atoms with Crippen LogP contribution in [0.5, 0.6) is 0 Å². The molecule has 0 saturated heterocycles. The first-order valence-electron chi connectivity index (χ1n) is 7.92. The van der Waals surface area contributed by atoms with Crippen LogP contribution in [0, 0.1) is 12.8 Å². The number of hydrogen-bond donors (Lipinski definition) is 1. The van der Waals surface area contributed by atoms with Crippen LogP contribution in [-0.2, 0) is 17.9 Å². The van der Waals surface area contributed by atoms with Crippen molar-refractivity contribution < 1.29 is 4.79 Å². The average molecular weight is 335 g/mol. The largest absolute Gasteiger partial charge is 0.335 e. The van der Waals surface area contributed by atoms with Crippen molar-refractivity contribution in [2.45, 2.75) is 40.8 Å². The molecule has 0 saturated carbocycles. The summed E-state index contributed by atoms with van der Waals surface area (Å²) >= 11 is 1.52. The van der Waals surface area contributed by atoms with E-state index in [-0.39, 0.29) is 5.91 Å². The van der Waals surface area contributed by atoms with Gasteiger partial charge in [0.05, 0.1) is 5.69 Å². The van der Waals surface area contributed by atoms with Crippen molar-refractivity contribution in [3.05, 3.63) is 29.3 Å². The Labute approximate surface area is 141 Å². The standard InChI is InChI=1S/C16H25N5OS/c1-5-21(14(4)22)16-19-15(11-23-16)9-17-8-12(2)10-20-7-6-18-13(20)3/h6-7,11-12,17H,5,8-10H2,1-4H3. The molecule has 0 aliphatic carbocycles. The molecule has 0 aromatic carbocycles. The lowest BCUT2D eigenvalue weighted by Crippen LogP contribution is -2.28. The molecule has 1 unspecified atom stereocenters. The molecule has 23 heavy (non-hydrogen) atoms. The molecule has 0 radical (unpaired) electrons.